The summed E-state index contributed by atoms with van der Waals surface area (Å²) in [6.07, 6.45) is 3.09. The molecule has 1 heterocycles. The van der Waals surface area contributed by atoms with Crippen LogP contribution in [0.2, 0.25) is 5.02 Å². The van der Waals surface area contributed by atoms with Crippen LogP contribution >= 0.6 is 11.6 Å². The number of nitrogens with one attached hydrogen (secondary N) is 1. The Morgan fingerprint density at radius 2 is 1.96 bits per heavy atom. The molecule has 0 aliphatic rings. The maximum absolute atomic E-state index is 12.3. The van der Waals surface area contributed by atoms with Crippen molar-refractivity contribution in [3.63, 3.8) is 0 Å². The quantitative estimate of drug-likeness (QED) is 0.656. The maximum atomic E-state index is 12.3. The Kier molecular flexibility index (Phi) is 5.59. The number of rotatable bonds is 6. The van der Waals surface area contributed by atoms with Crippen molar-refractivity contribution < 1.29 is 13.2 Å². The molecule has 2 aromatic carbocycles. The monoisotopic (exact) mass is 404 g/mol. The van der Waals surface area contributed by atoms with Crippen LogP contribution in [0.3, 0.4) is 0 Å². The van der Waals surface area contributed by atoms with E-state index >= 15 is 0 Å². The van der Waals surface area contributed by atoms with Crippen molar-refractivity contribution in [2.75, 3.05) is 0 Å². The van der Waals surface area contributed by atoms with Crippen LogP contribution in [0.4, 0.5) is 0 Å². The summed E-state index contributed by atoms with van der Waals surface area (Å²) in [5.74, 6) is -0.318. The number of benzene rings is 2. The first-order valence-electron chi connectivity index (χ1n) is 7.99. The van der Waals surface area contributed by atoms with Gasteiger partial charge in [-0.3, -0.25) is 9.48 Å². The Hall–Kier alpha value is -2.68. The van der Waals surface area contributed by atoms with Gasteiger partial charge in [-0.25, -0.2) is 13.6 Å². The minimum absolute atomic E-state index is 0.00167. The van der Waals surface area contributed by atoms with Crippen molar-refractivity contribution in [2.45, 2.75) is 18.0 Å². The number of hydrogen-bond acceptors (Lipinski definition) is 4. The number of amides is 1. The molecule has 140 valence electrons. The third kappa shape index (κ3) is 4.94. The number of aromatic nitrogens is 2. The van der Waals surface area contributed by atoms with Crippen LogP contribution in [-0.2, 0) is 23.1 Å². The molecule has 0 bridgehead atoms. The van der Waals surface area contributed by atoms with Gasteiger partial charge in [-0.1, -0.05) is 41.9 Å². The number of nitrogens with two attached hydrogens (primary N) is 1. The molecule has 0 aliphatic heterocycles. The highest BCUT2D eigenvalue weighted by atomic mass is 35.5. The molecule has 0 aliphatic carbocycles. The Morgan fingerprint density at radius 1 is 1.19 bits per heavy atom. The average Bonchev–Trinajstić information content (AvgIpc) is 3.10. The second-order valence-electron chi connectivity index (χ2n) is 5.89. The average molecular weight is 405 g/mol. The molecule has 1 amide bonds. The summed E-state index contributed by atoms with van der Waals surface area (Å²) in [6.45, 7) is 0.612. The zero-order chi connectivity index (χ0) is 19.4. The van der Waals surface area contributed by atoms with Crippen molar-refractivity contribution in [1.82, 2.24) is 15.1 Å². The lowest BCUT2D eigenvalue weighted by Gasteiger charge is -2.06. The fraction of sp³-hybridized carbons (Fsp3) is 0.111. The molecule has 9 heteroatoms. The van der Waals surface area contributed by atoms with E-state index in [1.807, 2.05) is 18.2 Å². The molecule has 7 nitrogen and oxygen atoms in total. The molecule has 27 heavy (non-hydrogen) atoms. The van der Waals surface area contributed by atoms with E-state index < -0.39 is 10.0 Å². The van der Waals surface area contributed by atoms with Gasteiger partial charge in [-0.15, -0.1) is 0 Å². The van der Waals surface area contributed by atoms with Crippen LogP contribution in [0, 0.1) is 0 Å². The first kappa shape index (κ1) is 19.1. The molecule has 0 fully saturated rings. The fourth-order valence-electron chi connectivity index (χ4n) is 2.49. The van der Waals surface area contributed by atoms with Crippen molar-refractivity contribution in [3.8, 4) is 0 Å². The minimum Gasteiger partial charge on any atom is -0.348 e. The van der Waals surface area contributed by atoms with Crippen LogP contribution in [0.25, 0.3) is 0 Å². The van der Waals surface area contributed by atoms with Crippen molar-refractivity contribution >= 4 is 27.5 Å². The normalized spacial score (nSPS) is 11.3. The third-order valence-electron chi connectivity index (χ3n) is 3.87. The Labute approximate surface area is 161 Å². The molecule has 3 N–H and O–H groups in total. The smallest absolute Gasteiger partial charge is 0.254 e. The van der Waals surface area contributed by atoms with Gasteiger partial charge in [0.2, 0.25) is 10.0 Å². The number of sulfonamides is 1. The number of carbonyl (C=O) groups excluding carboxylic acids is 1. The Bertz CT molecular complexity index is 1080. The zero-order valence-electron chi connectivity index (χ0n) is 14.2. The van der Waals surface area contributed by atoms with E-state index in [0.29, 0.717) is 22.7 Å². The number of hydrogen-bond donors (Lipinski definition) is 2. The van der Waals surface area contributed by atoms with E-state index in [4.69, 9.17) is 16.7 Å². The summed E-state index contributed by atoms with van der Waals surface area (Å²) in [6, 6.07) is 13.5. The maximum Gasteiger partial charge on any atom is 0.254 e. The van der Waals surface area contributed by atoms with Crippen LogP contribution < -0.4 is 10.5 Å². The van der Waals surface area contributed by atoms with E-state index in [2.05, 4.69) is 10.4 Å². The second-order valence-corrected chi connectivity index (χ2v) is 7.86. The molecule has 0 radical (unpaired) electrons. The van der Waals surface area contributed by atoms with Gasteiger partial charge in [-0.2, -0.15) is 5.10 Å². The summed E-state index contributed by atoms with van der Waals surface area (Å²) in [5.41, 5.74) is 1.91. The second kappa shape index (κ2) is 7.91. The molecule has 0 spiro atoms. The van der Waals surface area contributed by atoms with Crippen LogP contribution in [0.1, 0.15) is 21.5 Å². The van der Waals surface area contributed by atoms with Gasteiger partial charge >= 0.3 is 0 Å². The van der Waals surface area contributed by atoms with Crippen LogP contribution in [-0.4, -0.2) is 24.1 Å². The number of nitrogens with zero attached hydrogens (tertiary/aromatic N) is 2. The SMILES string of the molecule is NS(=O)(=O)c1cccc(CNC(=O)c2cnn(Cc3ccccc3Cl)c2)c1. The number of halogens is 1. The number of carbonyl (C=O) groups is 1. The third-order valence-corrected chi connectivity index (χ3v) is 5.15. The highest BCUT2D eigenvalue weighted by molar-refractivity contribution is 7.89. The Morgan fingerprint density at radius 3 is 2.70 bits per heavy atom. The predicted molar refractivity (Wildman–Crippen MR) is 102 cm³/mol. The van der Waals surface area contributed by atoms with Gasteiger partial charge in [0.25, 0.3) is 5.91 Å². The first-order valence-corrected chi connectivity index (χ1v) is 9.91. The lowest BCUT2D eigenvalue weighted by molar-refractivity contribution is 0.0951. The highest BCUT2D eigenvalue weighted by Gasteiger charge is 2.11. The standard InChI is InChI=1S/C18H17ClN4O3S/c19-17-7-2-1-5-14(17)11-23-12-15(10-22-23)18(24)21-9-13-4-3-6-16(8-13)27(20,25)26/h1-8,10,12H,9,11H2,(H,21,24)(H2,20,25,26). The Balaban J connectivity index is 1.64. The van der Waals surface area contributed by atoms with E-state index in [0.717, 1.165) is 5.56 Å². The molecule has 0 saturated heterocycles. The van der Waals surface area contributed by atoms with Crippen molar-refractivity contribution in [3.05, 3.63) is 82.6 Å². The van der Waals surface area contributed by atoms with E-state index in [1.54, 1.807) is 29.1 Å². The van der Waals surface area contributed by atoms with Gasteiger partial charge in [0, 0.05) is 17.8 Å². The van der Waals surface area contributed by atoms with Gasteiger partial charge in [0.15, 0.2) is 0 Å². The van der Waals surface area contributed by atoms with Crippen molar-refractivity contribution in [2.24, 2.45) is 5.14 Å². The number of primary sulfonamides is 1. The van der Waals surface area contributed by atoms with Gasteiger partial charge in [0.05, 0.1) is 23.2 Å². The summed E-state index contributed by atoms with van der Waals surface area (Å²) in [7, 11) is -3.78. The first-order chi connectivity index (χ1) is 12.8. The summed E-state index contributed by atoms with van der Waals surface area (Å²) in [5, 5.41) is 12.7. The minimum atomic E-state index is -3.78. The summed E-state index contributed by atoms with van der Waals surface area (Å²) < 4.78 is 24.4. The molecule has 3 rings (SSSR count). The molecule has 3 aromatic rings. The highest BCUT2D eigenvalue weighted by Crippen LogP contribution is 2.16. The lowest BCUT2D eigenvalue weighted by Crippen LogP contribution is -2.22. The van der Waals surface area contributed by atoms with Gasteiger partial charge in [-0.05, 0) is 29.3 Å². The van der Waals surface area contributed by atoms with E-state index in [1.165, 1.54) is 18.3 Å². The van der Waals surface area contributed by atoms with Gasteiger partial charge < -0.3 is 5.32 Å². The van der Waals surface area contributed by atoms with Crippen LogP contribution in [0.15, 0.2) is 65.8 Å². The fourth-order valence-corrected chi connectivity index (χ4v) is 3.26. The molecule has 0 unspecified atom stereocenters. The molecular weight excluding hydrogens is 388 g/mol. The summed E-state index contributed by atoms with van der Waals surface area (Å²) in [4.78, 5) is 12.3. The summed E-state index contributed by atoms with van der Waals surface area (Å²) >= 11 is 6.13. The van der Waals surface area contributed by atoms with E-state index in [-0.39, 0.29) is 17.3 Å². The van der Waals surface area contributed by atoms with Gasteiger partial charge in [0.1, 0.15) is 0 Å². The van der Waals surface area contributed by atoms with Crippen LogP contribution in [0.5, 0.6) is 0 Å². The largest absolute Gasteiger partial charge is 0.348 e. The molecular formula is C18H17ClN4O3S. The molecule has 1 aromatic heterocycles. The van der Waals surface area contributed by atoms with Crippen molar-refractivity contribution in [1.29, 1.82) is 0 Å². The van der Waals surface area contributed by atoms with E-state index in [9.17, 15) is 13.2 Å². The lowest BCUT2D eigenvalue weighted by atomic mass is 10.2. The topological polar surface area (TPSA) is 107 Å². The molecule has 0 saturated carbocycles. The molecule has 0 atom stereocenters. The predicted octanol–water partition coefficient (Wildman–Crippen LogP) is 2.16. The zero-order valence-corrected chi connectivity index (χ0v) is 15.7.